The molecule has 0 saturated carbocycles. The van der Waals surface area contributed by atoms with Gasteiger partial charge in [-0.3, -0.25) is 15.3 Å². The van der Waals surface area contributed by atoms with E-state index >= 15 is 0 Å². The number of rotatable bonds is 12. The number of piperidine rings is 3. The van der Waals surface area contributed by atoms with Crippen LogP contribution in [0.25, 0.3) is 79.5 Å². The number of anilines is 3. The molecule has 436 valence electrons. The molecule has 4 atom stereocenters. The first kappa shape index (κ1) is 57.2. The van der Waals surface area contributed by atoms with Gasteiger partial charge in [0, 0.05) is 97.9 Å². The summed E-state index contributed by atoms with van der Waals surface area (Å²) >= 11 is 0. The van der Waals surface area contributed by atoms with Crippen molar-refractivity contribution in [2.24, 2.45) is 29.6 Å². The lowest BCUT2D eigenvalue weighted by Crippen LogP contribution is -2.39. The monoisotopic (exact) mass is 1140 g/mol. The SMILES string of the molecule is CC(C)C1CCCN(c2ccc(-c3ncc(/C=C/c4cn[nH]c4)cc3O)nn2)C1.CC[C@@H]1CCCN(c2ccc(-c3ncc(-c4cn[nH]c4)cc3O)nn2)C1.C[C@@H]1C[C@H](C)CN(c2ccc(-c3ncc(-c4ccc5[nH]ncc5c4)cc3O)nn2)C1. The molecule has 9 aromatic heterocycles. The normalized spacial score (nSPS) is 18.1. The van der Waals surface area contributed by atoms with Gasteiger partial charge in [-0.25, -0.2) is 15.0 Å². The first-order valence-corrected chi connectivity index (χ1v) is 29.3. The third kappa shape index (κ3) is 13.9. The lowest BCUT2D eigenvalue weighted by atomic mass is 9.88. The second kappa shape index (κ2) is 26.3. The summed E-state index contributed by atoms with van der Waals surface area (Å²) in [5.74, 6) is 6.29. The quantitative estimate of drug-likeness (QED) is 0.0663. The van der Waals surface area contributed by atoms with Gasteiger partial charge in [-0.15, -0.1) is 30.6 Å². The van der Waals surface area contributed by atoms with Crippen LogP contribution in [0.3, 0.4) is 0 Å². The largest absolute Gasteiger partial charge is 0.506 e. The molecule has 0 bridgehead atoms. The van der Waals surface area contributed by atoms with E-state index in [1.54, 1.807) is 67.8 Å². The average molecular weight is 1140 g/mol. The molecular weight excluding hydrogens is 1070 g/mol. The Balaban J connectivity index is 0.000000133. The molecule has 0 radical (unpaired) electrons. The fraction of sp³-hybridized carbons (Fsp3) is 0.344. The molecule has 21 nitrogen and oxygen atoms in total. The van der Waals surface area contributed by atoms with Crippen LogP contribution in [0.15, 0.2) is 122 Å². The molecule has 3 saturated heterocycles. The summed E-state index contributed by atoms with van der Waals surface area (Å²) in [7, 11) is 0. The molecule has 0 amide bonds. The molecule has 0 aliphatic carbocycles. The molecule has 3 aliphatic heterocycles. The average Bonchev–Trinajstić information content (AvgIpc) is 4.51. The van der Waals surface area contributed by atoms with E-state index in [1.165, 1.54) is 38.5 Å². The number of H-pyrrole nitrogens is 3. The van der Waals surface area contributed by atoms with Crippen molar-refractivity contribution in [3.05, 3.63) is 133 Å². The molecular formula is C64H72N18O3. The summed E-state index contributed by atoms with van der Waals surface area (Å²) in [5.41, 5.74) is 9.17. The van der Waals surface area contributed by atoms with Gasteiger partial charge in [0.15, 0.2) is 17.5 Å². The molecule has 21 heteroatoms. The first-order chi connectivity index (χ1) is 41.4. The van der Waals surface area contributed by atoms with Gasteiger partial charge in [-0.05, 0) is 140 Å². The smallest absolute Gasteiger partial charge is 0.151 e. The Kier molecular flexibility index (Phi) is 17.7. The Hall–Kier alpha value is -9.66. The van der Waals surface area contributed by atoms with E-state index in [0.717, 1.165) is 107 Å². The van der Waals surface area contributed by atoms with Crippen molar-refractivity contribution in [3.63, 3.8) is 0 Å². The first-order valence-electron chi connectivity index (χ1n) is 29.3. The number of pyridine rings is 3. The van der Waals surface area contributed by atoms with Crippen LogP contribution in [0.4, 0.5) is 17.5 Å². The van der Waals surface area contributed by atoms with E-state index in [1.807, 2.05) is 66.7 Å². The number of aromatic nitrogens is 15. The van der Waals surface area contributed by atoms with Gasteiger partial charge in [0.2, 0.25) is 0 Å². The summed E-state index contributed by atoms with van der Waals surface area (Å²) in [6, 6.07) is 22.6. The minimum atomic E-state index is 0.0785. The van der Waals surface area contributed by atoms with Crippen molar-refractivity contribution in [1.82, 2.24) is 76.1 Å². The van der Waals surface area contributed by atoms with E-state index in [9.17, 15) is 15.3 Å². The number of hydrogen-bond acceptors (Lipinski definition) is 18. The summed E-state index contributed by atoms with van der Waals surface area (Å²) in [5, 5.41) is 78.9. The number of nitrogens with zero attached hydrogens (tertiary/aromatic N) is 15. The van der Waals surface area contributed by atoms with Gasteiger partial charge < -0.3 is 30.0 Å². The molecule has 3 fully saturated rings. The topological polar surface area (TPSA) is 272 Å². The van der Waals surface area contributed by atoms with Crippen molar-refractivity contribution in [2.75, 3.05) is 54.0 Å². The molecule has 85 heavy (non-hydrogen) atoms. The van der Waals surface area contributed by atoms with Gasteiger partial charge in [0.05, 0.1) is 24.1 Å². The van der Waals surface area contributed by atoms with Crippen molar-refractivity contribution < 1.29 is 15.3 Å². The highest BCUT2D eigenvalue weighted by atomic mass is 16.3. The summed E-state index contributed by atoms with van der Waals surface area (Å²) < 4.78 is 0. The number of aromatic amines is 3. The van der Waals surface area contributed by atoms with E-state index in [0.29, 0.717) is 57.8 Å². The molecule has 1 aromatic carbocycles. The van der Waals surface area contributed by atoms with E-state index < -0.39 is 0 Å². The number of aromatic hydroxyl groups is 3. The van der Waals surface area contributed by atoms with E-state index in [4.69, 9.17) is 0 Å². The van der Waals surface area contributed by atoms with E-state index in [-0.39, 0.29) is 17.2 Å². The summed E-state index contributed by atoms with van der Waals surface area (Å²) in [4.78, 5) is 20.1. The zero-order valence-corrected chi connectivity index (χ0v) is 48.6. The maximum absolute atomic E-state index is 10.6. The second-order valence-electron chi connectivity index (χ2n) is 23.0. The Morgan fingerprint density at radius 1 is 0.529 bits per heavy atom. The number of hydrogen-bond donors (Lipinski definition) is 6. The third-order valence-corrected chi connectivity index (χ3v) is 16.2. The molecule has 12 heterocycles. The minimum absolute atomic E-state index is 0.0785. The number of benzene rings is 1. The van der Waals surface area contributed by atoms with Crippen molar-refractivity contribution >= 4 is 40.5 Å². The van der Waals surface area contributed by atoms with Crippen LogP contribution in [-0.4, -0.2) is 131 Å². The Labute approximate surface area is 493 Å². The molecule has 13 rings (SSSR count). The Morgan fingerprint density at radius 2 is 1.09 bits per heavy atom. The highest BCUT2D eigenvalue weighted by Gasteiger charge is 2.26. The van der Waals surface area contributed by atoms with Crippen LogP contribution in [0.2, 0.25) is 0 Å². The zero-order valence-electron chi connectivity index (χ0n) is 48.6. The van der Waals surface area contributed by atoms with Gasteiger partial charge in [0.25, 0.3) is 0 Å². The zero-order chi connectivity index (χ0) is 58.8. The molecule has 0 spiro atoms. The predicted octanol–water partition coefficient (Wildman–Crippen LogP) is 11.5. The van der Waals surface area contributed by atoms with Crippen molar-refractivity contribution in [2.45, 2.75) is 73.1 Å². The van der Waals surface area contributed by atoms with Gasteiger partial charge in [-0.1, -0.05) is 59.3 Å². The van der Waals surface area contributed by atoms with Crippen LogP contribution in [0, 0.1) is 29.6 Å². The summed E-state index contributed by atoms with van der Waals surface area (Å²) in [6.45, 7) is 17.4. The highest BCUT2D eigenvalue weighted by molar-refractivity contribution is 5.84. The molecule has 1 unspecified atom stereocenters. The summed E-state index contributed by atoms with van der Waals surface area (Å²) in [6.07, 6.45) is 25.1. The number of fused-ring (bicyclic) bond motifs is 1. The van der Waals surface area contributed by atoms with Gasteiger partial charge >= 0.3 is 0 Å². The maximum Gasteiger partial charge on any atom is 0.151 e. The van der Waals surface area contributed by atoms with Crippen LogP contribution in [0.1, 0.15) is 84.3 Å². The lowest BCUT2D eigenvalue weighted by Gasteiger charge is -2.35. The fourth-order valence-electron chi connectivity index (χ4n) is 11.5. The van der Waals surface area contributed by atoms with Gasteiger partial charge in [0.1, 0.15) is 51.4 Å². The standard InChI is InChI=1S/C23H24N6O.C22H26N6O.C19H22N6O/c1-14-7-15(2)13-29(12-14)22-6-5-20(27-28-22)23-21(30)9-17(10-24-23)16-3-4-19-18(8-16)11-25-26-19;1-15(2)18-4-3-9-28(14-18)21-8-7-19(26-27-21)22-20(29)10-16(11-23-22)5-6-17-12-24-25-13-17;1-2-13-4-3-7-25(12-13)18-6-5-16(23-24-18)19-17(26)8-14(9-20-19)15-10-21-22-11-15/h3-6,8-11,14-15,30H,7,12-13H2,1-2H3,(H,25,26);5-8,10-13,15,18,29H,3-4,9,14H2,1-2H3,(H,24,25);5-6,8-11,13,26H,2-4,7,12H2,1H3,(H,21,22)/b;6-5+;/t14-,15+;;13-/m..1/s1. The Bertz CT molecular complexity index is 3790. The lowest BCUT2D eigenvalue weighted by molar-refractivity contribution is 0.320. The van der Waals surface area contributed by atoms with Gasteiger partial charge in [-0.2, -0.15) is 15.3 Å². The van der Waals surface area contributed by atoms with Crippen molar-refractivity contribution in [3.8, 4) is 73.7 Å². The Morgan fingerprint density at radius 3 is 1.65 bits per heavy atom. The molecule has 6 N–H and O–H groups in total. The van der Waals surface area contributed by atoms with Crippen LogP contribution in [-0.2, 0) is 0 Å². The van der Waals surface area contributed by atoms with Crippen LogP contribution >= 0.6 is 0 Å². The predicted molar refractivity (Wildman–Crippen MR) is 331 cm³/mol. The fourth-order valence-corrected chi connectivity index (χ4v) is 11.5. The molecule has 3 aliphatic rings. The second-order valence-corrected chi connectivity index (χ2v) is 23.0. The van der Waals surface area contributed by atoms with Crippen LogP contribution < -0.4 is 14.7 Å². The van der Waals surface area contributed by atoms with E-state index in [2.05, 4.69) is 125 Å². The molecule has 10 aromatic rings. The minimum Gasteiger partial charge on any atom is -0.506 e. The van der Waals surface area contributed by atoms with Crippen LogP contribution in [0.5, 0.6) is 17.2 Å². The number of nitrogens with one attached hydrogen (secondary N) is 3. The highest BCUT2D eigenvalue weighted by Crippen LogP contribution is 2.35. The third-order valence-electron chi connectivity index (χ3n) is 16.2. The van der Waals surface area contributed by atoms with Crippen molar-refractivity contribution in [1.29, 1.82) is 0 Å². The maximum atomic E-state index is 10.6.